The normalized spacial score (nSPS) is 15.9. The summed E-state index contributed by atoms with van der Waals surface area (Å²) in [5, 5.41) is 13.4. The molecule has 0 spiro atoms. The Balaban J connectivity index is 1.81. The van der Waals surface area contributed by atoms with Crippen molar-refractivity contribution in [3.8, 4) is 0 Å². The number of benzene rings is 3. The highest BCUT2D eigenvalue weighted by molar-refractivity contribution is 9.09. The minimum atomic E-state index is -2.68. The largest absolute Gasteiger partial charge is 0.406 e. The molecule has 0 fully saturated rings. The fraction of sp³-hybridized carbons (Fsp3) is 0.357. The van der Waals surface area contributed by atoms with Crippen LogP contribution in [0.25, 0.3) is 0 Å². The monoisotopic (exact) mass is 558 g/mol. The van der Waals surface area contributed by atoms with Gasteiger partial charge in [0.1, 0.15) is 0 Å². The molecule has 0 aliphatic heterocycles. The highest BCUT2D eigenvalue weighted by Crippen LogP contribution is 2.37. The van der Waals surface area contributed by atoms with Gasteiger partial charge in [-0.2, -0.15) is 0 Å². The summed E-state index contributed by atoms with van der Waals surface area (Å²) in [4.78, 5) is 0.508. The molecule has 0 aliphatic carbocycles. The zero-order chi connectivity index (χ0) is 24.8. The van der Waals surface area contributed by atoms with E-state index in [1.807, 2.05) is 49.4 Å². The van der Waals surface area contributed by atoms with Crippen LogP contribution in [0.5, 0.6) is 0 Å². The Bertz CT molecular complexity index is 1000. The van der Waals surface area contributed by atoms with E-state index in [9.17, 15) is 9.32 Å². The van der Waals surface area contributed by atoms with E-state index in [1.165, 1.54) is 10.4 Å². The average Bonchev–Trinajstić information content (AvgIpc) is 2.84. The van der Waals surface area contributed by atoms with Gasteiger partial charge in [0.25, 0.3) is 8.32 Å². The summed E-state index contributed by atoms with van der Waals surface area (Å²) in [7, 11) is -3.84. The van der Waals surface area contributed by atoms with Crippen molar-refractivity contribution in [1.82, 2.24) is 0 Å². The van der Waals surface area contributed by atoms with E-state index in [4.69, 9.17) is 4.43 Å². The third kappa shape index (κ3) is 6.16. The molecule has 182 valence electrons. The third-order valence-electron chi connectivity index (χ3n) is 6.25. The molecule has 1 N–H and O–H groups in total. The number of hydrogen-bond donors (Lipinski definition) is 1. The first-order valence-electron chi connectivity index (χ1n) is 11.7. The fourth-order valence-corrected chi connectivity index (χ4v) is 11.2. The average molecular weight is 560 g/mol. The van der Waals surface area contributed by atoms with Gasteiger partial charge in [-0.15, -0.1) is 0 Å². The second-order valence-corrected chi connectivity index (χ2v) is 16.8. The Kier molecular flexibility index (Phi) is 9.47. The smallest absolute Gasteiger partial charge is 0.261 e. The van der Waals surface area contributed by atoms with E-state index in [0.29, 0.717) is 12.4 Å². The summed E-state index contributed by atoms with van der Waals surface area (Å²) in [5.74, 6) is 0.236. The van der Waals surface area contributed by atoms with Gasteiger partial charge in [0.2, 0.25) is 0 Å². The summed E-state index contributed by atoms with van der Waals surface area (Å²) < 4.78 is 19.7. The zero-order valence-corrected chi connectivity index (χ0v) is 23.8. The van der Waals surface area contributed by atoms with Crippen LogP contribution in [0.4, 0.5) is 0 Å². The summed E-state index contributed by atoms with van der Waals surface area (Å²) >= 11 is 3.70. The van der Waals surface area contributed by atoms with Gasteiger partial charge >= 0.3 is 0 Å². The van der Waals surface area contributed by atoms with Gasteiger partial charge in [-0.25, -0.2) is 0 Å². The maximum absolute atomic E-state index is 12.8. The maximum Gasteiger partial charge on any atom is 0.261 e. The predicted octanol–water partition coefficient (Wildman–Crippen LogP) is 5.13. The zero-order valence-electron chi connectivity index (χ0n) is 20.4. The molecule has 0 radical (unpaired) electrons. The van der Waals surface area contributed by atoms with Crippen molar-refractivity contribution in [1.29, 1.82) is 0 Å². The summed E-state index contributed by atoms with van der Waals surface area (Å²) in [5.41, 5.74) is 0. The molecule has 0 aromatic heterocycles. The quantitative estimate of drug-likeness (QED) is 0.277. The molecule has 0 heterocycles. The molecule has 0 unspecified atom stereocenters. The Morgan fingerprint density at radius 3 is 1.76 bits per heavy atom. The van der Waals surface area contributed by atoms with Crippen molar-refractivity contribution in [3.05, 3.63) is 91.0 Å². The van der Waals surface area contributed by atoms with Crippen molar-refractivity contribution in [2.45, 2.75) is 48.6 Å². The molecule has 3 rings (SSSR count). The molecule has 6 heteroatoms. The van der Waals surface area contributed by atoms with E-state index in [-0.39, 0.29) is 15.8 Å². The number of aliphatic hydroxyl groups excluding tert-OH is 1. The van der Waals surface area contributed by atoms with Crippen LogP contribution in [0.1, 0.15) is 27.7 Å². The third-order valence-corrected chi connectivity index (χ3v) is 13.7. The van der Waals surface area contributed by atoms with Gasteiger partial charge < -0.3 is 9.53 Å². The van der Waals surface area contributed by atoms with Crippen molar-refractivity contribution in [2.24, 2.45) is 5.92 Å². The van der Waals surface area contributed by atoms with Crippen LogP contribution in [0.3, 0.4) is 0 Å². The van der Waals surface area contributed by atoms with E-state index >= 15 is 0 Å². The standard InChI is InChI=1S/C28H35BrO3SSi/c1-22(21-33(31)23-14-8-5-9-15-23)27(30)26(29)20-32-34(28(2,3)4,24-16-10-6-11-17-24)25-18-12-7-13-19-25/h5-19,22,26-27,30H,20-21H2,1-4H3/t22-,26-,27+,33+/m1/s1. The molecular weight excluding hydrogens is 524 g/mol. The van der Waals surface area contributed by atoms with Gasteiger partial charge in [0.05, 0.1) is 21.7 Å². The summed E-state index contributed by atoms with van der Waals surface area (Å²) in [6.45, 7) is 9.03. The van der Waals surface area contributed by atoms with E-state index in [2.05, 4.69) is 85.2 Å². The van der Waals surface area contributed by atoms with Crippen LogP contribution in [0, 0.1) is 5.92 Å². The second kappa shape index (κ2) is 11.9. The lowest BCUT2D eigenvalue weighted by molar-refractivity contribution is 0.106. The molecule has 0 aliphatic rings. The van der Waals surface area contributed by atoms with Gasteiger partial charge in [0, 0.05) is 17.3 Å². The van der Waals surface area contributed by atoms with Gasteiger partial charge in [0.15, 0.2) is 0 Å². The van der Waals surface area contributed by atoms with E-state index in [1.54, 1.807) is 0 Å². The molecular formula is C28H35BrO3SSi. The maximum atomic E-state index is 12.8. The predicted molar refractivity (Wildman–Crippen MR) is 149 cm³/mol. The molecule has 0 saturated carbocycles. The Morgan fingerprint density at radius 1 is 0.882 bits per heavy atom. The number of alkyl halides is 1. The molecule has 0 bridgehead atoms. The molecule has 0 amide bonds. The minimum Gasteiger partial charge on any atom is -0.406 e. The van der Waals surface area contributed by atoms with Gasteiger partial charge in [-0.1, -0.05) is 122 Å². The Hall–Kier alpha value is -1.57. The topological polar surface area (TPSA) is 46.5 Å². The van der Waals surface area contributed by atoms with E-state index in [0.717, 1.165) is 4.90 Å². The Morgan fingerprint density at radius 2 is 1.32 bits per heavy atom. The molecule has 3 aromatic carbocycles. The lowest BCUT2D eigenvalue weighted by atomic mass is 10.0. The number of rotatable bonds is 10. The molecule has 0 saturated heterocycles. The second-order valence-electron chi connectivity index (χ2n) is 9.78. The highest BCUT2D eigenvalue weighted by Gasteiger charge is 2.50. The molecule has 3 nitrogen and oxygen atoms in total. The minimum absolute atomic E-state index is 0.131. The van der Waals surface area contributed by atoms with Crippen LogP contribution < -0.4 is 10.4 Å². The van der Waals surface area contributed by atoms with Crippen molar-refractivity contribution < 1.29 is 13.7 Å². The first-order valence-corrected chi connectivity index (χ1v) is 15.8. The highest BCUT2D eigenvalue weighted by atomic mass is 79.9. The number of hydrogen-bond acceptors (Lipinski definition) is 3. The van der Waals surface area contributed by atoms with Gasteiger partial charge in [-0.3, -0.25) is 4.21 Å². The number of halogens is 1. The molecule has 4 atom stereocenters. The van der Waals surface area contributed by atoms with E-state index < -0.39 is 25.2 Å². The van der Waals surface area contributed by atoms with Crippen molar-refractivity contribution >= 4 is 45.4 Å². The lowest BCUT2D eigenvalue weighted by Gasteiger charge is -2.43. The van der Waals surface area contributed by atoms with Crippen LogP contribution in [-0.4, -0.2) is 40.9 Å². The van der Waals surface area contributed by atoms with Crippen molar-refractivity contribution in [3.63, 3.8) is 0 Å². The van der Waals surface area contributed by atoms with Gasteiger partial charge in [-0.05, 0) is 33.5 Å². The summed E-state index contributed by atoms with van der Waals surface area (Å²) in [6.07, 6.45) is -0.689. The lowest BCUT2D eigenvalue weighted by Crippen LogP contribution is -2.67. The van der Waals surface area contributed by atoms with Crippen molar-refractivity contribution in [2.75, 3.05) is 12.4 Å². The first kappa shape index (κ1) is 27.0. The molecule has 34 heavy (non-hydrogen) atoms. The van der Waals surface area contributed by atoms with Crippen LogP contribution >= 0.6 is 15.9 Å². The van der Waals surface area contributed by atoms with Crippen LogP contribution in [-0.2, 0) is 15.2 Å². The molecule has 3 aromatic rings. The fourth-order valence-electron chi connectivity index (χ4n) is 4.43. The number of aliphatic hydroxyl groups is 1. The van der Waals surface area contributed by atoms with Crippen LogP contribution in [0.15, 0.2) is 95.9 Å². The van der Waals surface area contributed by atoms with Crippen LogP contribution in [0.2, 0.25) is 5.04 Å². The first-order chi connectivity index (χ1) is 16.2. The summed E-state index contributed by atoms with van der Waals surface area (Å²) in [6, 6.07) is 30.4. The Labute approximate surface area is 216 Å². The SMILES string of the molecule is C[C@H](C[S@](=O)c1ccccc1)[C@H](O)[C@H](Br)CO[Si](c1ccccc1)(c1ccccc1)C(C)(C)C.